The topological polar surface area (TPSA) is 24.5 Å². The first-order valence-corrected chi connectivity index (χ1v) is 9.00. The second kappa shape index (κ2) is 8.84. The lowest BCUT2D eigenvalue weighted by atomic mass is 10.1. The van der Waals surface area contributed by atoms with E-state index < -0.39 is 0 Å². The van der Waals surface area contributed by atoms with Gasteiger partial charge in [-0.1, -0.05) is 59.6 Å². The van der Waals surface area contributed by atoms with E-state index in [4.69, 9.17) is 27.9 Å². The lowest BCUT2D eigenvalue weighted by molar-refractivity contribution is 0.0333. The molecular weight excluding hydrogens is 343 g/mol. The van der Waals surface area contributed by atoms with Crippen molar-refractivity contribution < 1.29 is 4.74 Å². The highest BCUT2D eigenvalue weighted by Gasteiger charge is 2.18. The van der Waals surface area contributed by atoms with E-state index in [2.05, 4.69) is 34.5 Å². The lowest BCUT2D eigenvalue weighted by Crippen LogP contribution is -2.41. The Bertz CT molecular complexity index is 645. The molecule has 0 aliphatic carbocycles. The van der Waals surface area contributed by atoms with Gasteiger partial charge in [-0.2, -0.15) is 0 Å². The summed E-state index contributed by atoms with van der Waals surface area (Å²) >= 11 is 12.1. The van der Waals surface area contributed by atoms with Gasteiger partial charge >= 0.3 is 0 Å². The minimum atomic E-state index is 0.263. The zero-order chi connectivity index (χ0) is 16.8. The van der Waals surface area contributed by atoms with Crippen molar-refractivity contribution in [3.63, 3.8) is 0 Å². The van der Waals surface area contributed by atoms with Gasteiger partial charge in [-0.15, -0.1) is 0 Å². The number of hydrogen-bond donors (Lipinski definition) is 1. The SMILES string of the molecule is Clc1ccc(CNC(CN2CCOCC2)c2ccccc2)cc1Cl. The normalized spacial score (nSPS) is 16.9. The van der Waals surface area contributed by atoms with Crippen LogP contribution in [0.25, 0.3) is 0 Å². The molecule has 128 valence electrons. The van der Waals surface area contributed by atoms with Gasteiger partial charge in [0, 0.05) is 32.2 Å². The van der Waals surface area contributed by atoms with E-state index in [1.807, 2.05) is 24.3 Å². The van der Waals surface area contributed by atoms with Crippen molar-refractivity contribution in [2.45, 2.75) is 12.6 Å². The van der Waals surface area contributed by atoms with E-state index in [0.29, 0.717) is 10.0 Å². The third-order valence-corrected chi connectivity index (χ3v) is 5.02. The van der Waals surface area contributed by atoms with Crippen molar-refractivity contribution in [2.75, 3.05) is 32.8 Å². The van der Waals surface area contributed by atoms with Crippen molar-refractivity contribution >= 4 is 23.2 Å². The summed E-state index contributed by atoms with van der Waals surface area (Å²) in [7, 11) is 0. The second-order valence-electron chi connectivity index (χ2n) is 6.01. The quantitative estimate of drug-likeness (QED) is 0.832. The largest absolute Gasteiger partial charge is 0.379 e. The fraction of sp³-hybridized carbons (Fsp3) is 0.368. The number of hydrogen-bond acceptors (Lipinski definition) is 3. The minimum Gasteiger partial charge on any atom is -0.379 e. The Hall–Kier alpha value is -1.10. The van der Waals surface area contributed by atoms with Crippen molar-refractivity contribution in [3.8, 4) is 0 Å². The molecule has 2 aromatic carbocycles. The number of rotatable bonds is 6. The van der Waals surface area contributed by atoms with Crippen LogP contribution < -0.4 is 5.32 Å². The maximum Gasteiger partial charge on any atom is 0.0595 e. The summed E-state index contributed by atoms with van der Waals surface area (Å²) in [6.45, 7) is 5.31. The van der Waals surface area contributed by atoms with Gasteiger partial charge < -0.3 is 10.1 Å². The Morgan fingerprint density at radius 3 is 2.46 bits per heavy atom. The molecule has 3 nitrogen and oxygen atoms in total. The number of halogens is 2. The molecule has 3 rings (SSSR count). The standard InChI is InChI=1S/C19H22Cl2N2O/c20-17-7-6-15(12-18(17)21)13-22-19(16-4-2-1-3-5-16)14-23-8-10-24-11-9-23/h1-7,12,19,22H,8-11,13-14H2. The van der Waals surface area contributed by atoms with Crippen LogP contribution in [-0.4, -0.2) is 37.7 Å². The number of nitrogens with one attached hydrogen (secondary N) is 1. The second-order valence-corrected chi connectivity index (χ2v) is 6.82. The Labute approximate surface area is 153 Å². The van der Waals surface area contributed by atoms with Crippen LogP contribution in [0.1, 0.15) is 17.2 Å². The fourth-order valence-electron chi connectivity index (χ4n) is 2.91. The first-order valence-electron chi connectivity index (χ1n) is 8.25. The van der Waals surface area contributed by atoms with Crippen LogP contribution in [0.4, 0.5) is 0 Å². The Morgan fingerprint density at radius 2 is 1.75 bits per heavy atom. The van der Waals surface area contributed by atoms with Crippen LogP contribution >= 0.6 is 23.2 Å². The van der Waals surface area contributed by atoms with Gasteiger partial charge in [-0.05, 0) is 23.3 Å². The summed E-state index contributed by atoms with van der Waals surface area (Å²) in [5.41, 5.74) is 2.43. The van der Waals surface area contributed by atoms with E-state index in [-0.39, 0.29) is 6.04 Å². The van der Waals surface area contributed by atoms with E-state index in [9.17, 15) is 0 Å². The Balaban J connectivity index is 1.68. The number of nitrogens with zero attached hydrogens (tertiary/aromatic N) is 1. The minimum absolute atomic E-state index is 0.263. The lowest BCUT2D eigenvalue weighted by Gasteiger charge is -2.31. The van der Waals surface area contributed by atoms with Crippen LogP contribution in [-0.2, 0) is 11.3 Å². The van der Waals surface area contributed by atoms with Crippen LogP contribution in [0.2, 0.25) is 10.0 Å². The summed E-state index contributed by atoms with van der Waals surface area (Å²) in [5.74, 6) is 0. The van der Waals surface area contributed by atoms with Crippen LogP contribution in [0.15, 0.2) is 48.5 Å². The third kappa shape index (κ3) is 4.95. The fourth-order valence-corrected chi connectivity index (χ4v) is 3.23. The molecule has 1 atom stereocenters. The molecule has 1 heterocycles. The molecule has 0 radical (unpaired) electrons. The summed E-state index contributed by atoms with van der Waals surface area (Å²) in [6.07, 6.45) is 0. The molecule has 1 N–H and O–H groups in total. The highest BCUT2D eigenvalue weighted by Crippen LogP contribution is 2.23. The van der Waals surface area contributed by atoms with Gasteiger partial charge in [0.1, 0.15) is 0 Å². The van der Waals surface area contributed by atoms with Crippen LogP contribution in [0, 0.1) is 0 Å². The average molecular weight is 365 g/mol. The predicted octanol–water partition coefficient (Wildman–Crippen LogP) is 4.16. The molecule has 0 bridgehead atoms. The van der Waals surface area contributed by atoms with Crippen LogP contribution in [0.3, 0.4) is 0 Å². The zero-order valence-corrected chi connectivity index (χ0v) is 15.1. The molecule has 24 heavy (non-hydrogen) atoms. The van der Waals surface area contributed by atoms with Crippen LogP contribution in [0.5, 0.6) is 0 Å². The van der Waals surface area contributed by atoms with Gasteiger partial charge in [-0.3, -0.25) is 4.90 Å². The van der Waals surface area contributed by atoms with Gasteiger partial charge in [-0.25, -0.2) is 0 Å². The highest BCUT2D eigenvalue weighted by molar-refractivity contribution is 6.42. The summed E-state index contributed by atoms with van der Waals surface area (Å²) in [4.78, 5) is 2.45. The third-order valence-electron chi connectivity index (χ3n) is 4.28. The monoisotopic (exact) mass is 364 g/mol. The maximum atomic E-state index is 6.12. The molecule has 1 unspecified atom stereocenters. The molecule has 1 saturated heterocycles. The molecule has 1 aliphatic rings. The predicted molar refractivity (Wildman–Crippen MR) is 99.7 cm³/mol. The number of ether oxygens (including phenoxy) is 1. The van der Waals surface area contributed by atoms with E-state index in [1.165, 1.54) is 5.56 Å². The average Bonchev–Trinajstić information content (AvgIpc) is 2.63. The van der Waals surface area contributed by atoms with Gasteiger partial charge in [0.2, 0.25) is 0 Å². The highest BCUT2D eigenvalue weighted by atomic mass is 35.5. The molecule has 1 fully saturated rings. The van der Waals surface area contributed by atoms with Crippen molar-refractivity contribution in [2.24, 2.45) is 0 Å². The van der Waals surface area contributed by atoms with E-state index >= 15 is 0 Å². The van der Waals surface area contributed by atoms with Gasteiger partial charge in [0.15, 0.2) is 0 Å². The number of morpholine rings is 1. The van der Waals surface area contributed by atoms with Gasteiger partial charge in [0.05, 0.1) is 23.3 Å². The molecule has 0 spiro atoms. The number of benzene rings is 2. The van der Waals surface area contributed by atoms with E-state index in [0.717, 1.165) is 45.0 Å². The summed E-state index contributed by atoms with van der Waals surface area (Å²) < 4.78 is 5.45. The van der Waals surface area contributed by atoms with E-state index in [1.54, 1.807) is 0 Å². The molecule has 0 aromatic heterocycles. The molecule has 0 saturated carbocycles. The summed E-state index contributed by atoms with van der Waals surface area (Å²) in [5, 5.41) is 4.85. The summed E-state index contributed by atoms with van der Waals surface area (Å²) in [6, 6.07) is 16.6. The van der Waals surface area contributed by atoms with Crippen molar-refractivity contribution in [3.05, 3.63) is 69.7 Å². The Morgan fingerprint density at radius 1 is 1.00 bits per heavy atom. The molecule has 2 aromatic rings. The first kappa shape index (κ1) is 17.7. The first-order chi connectivity index (χ1) is 11.7. The molecule has 0 amide bonds. The zero-order valence-electron chi connectivity index (χ0n) is 13.6. The van der Waals surface area contributed by atoms with Gasteiger partial charge in [0.25, 0.3) is 0 Å². The van der Waals surface area contributed by atoms with Crippen molar-refractivity contribution in [1.82, 2.24) is 10.2 Å². The Kier molecular flexibility index (Phi) is 6.52. The molecule has 1 aliphatic heterocycles. The smallest absolute Gasteiger partial charge is 0.0595 e. The van der Waals surface area contributed by atoms with Crippen molar-refractivity contribution in [1.29, 1.82) is 0 Å². The molecular formula is C19H22Cl2N2O. The molecule has 5 heteroatoms. The maximum absolute atomic E-state index is 6.12.